The van der Waals surface area contributed by atoms with Crippen LogP contribution in [0.4, 0.5) is 0 Å². The van der Waals surface area contributed by atoms with E-state index < -0.39 is 0 Å². The molecular weight excluding hydrogens is 308 g/mol. The molecule has 124 valence electrons. The number of aryl methyl sites for hydroxylation is 2. The number of hydrogen-bond acceptors (Lipinski definition) is 4. The van der Waals surface area contributed by atoms with Crippen LogP contribution in [0.2, 0.25) is 0 Å². The molecule has 0 atom stereocenters. The predicted molar refractivity (Wildman–Crippen MR) is 95.5 cm³/mol. The third kappa shape index (κ3) is 5.37. The summed E-state index contributed by atoms with van der Waals surface area (Å²) in [6, 6.07) is 8.04. The number of likely N-dealkylation sites (N-methyl/N-ethyl adjacent to an activating group) is 1. The molecule has 0 saturated carbocycles. The highest BCUT2D eigenvalue weighted by atomic mass is 32.1. The van der Waals surface area contributed by atoms with Crippen molar-refractivity contribution in [3.05, 3.63) is 51.2 Å². The van der Waals surface area contributed by atoms with Crippen molar-refractivity contribution in [3.63, 3.8) is 0 Å². The lowest BCUT2D eigenvalue weighted by Crippen LogP contribution is -2.30. The Kier molecular flexibility index (Phi) is 6.19. The second-order valence-corrected chi connectivity index (χ2v) is 6.85. The molecule has 2 aromatic rings. The van der Waals surface area contributed by atoms with Gasteiger partial charge in [0, 0.05) is 18.7 Å². The van der Waals surface area contributed by atoms with Gasteiger partial charge in [0.25, 0.3) is 5.91 Å². The van der Waals surface area contributed by atoms with Crippen LogP contribution < -0.4 is 10.1 Å². The highest BCUT2D eigenvalue weighted by Gasteiger charge is 2.09. The standard InChI is InChI=1S/C18H24N2O2S/c1-13-5-6-16(14(2)9-13)22-11-15-10-17(23-12-15)18(21)19-7-8-20(3)4/h5-6,9-10,12H,7-8,11H2,1-4H3,(H,19,21). The van der Waals surface area contributed by atoms with Crippen LogP contribution in [0.5, 0.6) is 5.75 Å². The highest BCUT2D eigenvalue weighted by molar-refractivity contribution is 7.12. The molecule has 5 heteroatoms. The second kappa shape index (κ2) is 8.13. The predicted octanol–water partition coefficient (Wildman–Crippen LogP) is 3.24. The first-order valence-electron chi connectivity index (χ1n) is 7.66. The van der Waals surface area contributed by atoms with Gasteiger partial charge in [0.2, 0.25) is 0 Å². The van der Waals surface area contributed by atoms with Crippen molar-refractivity contribution in [1.29, 1.82) is 0 Å². The number of carbonyl (C=O) groups is 1. The van der Waals surface area contributed by atoms with Crippen molar-refractivity contribution in [2.45, 2.75) is 20.5 Å². The van der Waals surface area contributed by atoms with E-state index in [1.54, 1.807) is 0 Å². The fraction of sp³-hybridized carbons (Fsp3) is 0.389. The number of ether oxygens (including phenoxy) is 1. The van der Waals surface area contributed by atoms with Gasteiger partial charge in [-0.3, -0.25) is 4.79 Å². The Balaban J connectivity index is 1.88. The van der Waals surface area contributed by atoms with Crippen molar-refractivity contribution in [2.24, 2.45) is 0 Å². The summed E-state index contributed by atoms with van der Waals surface area (Å²) >= 11 is 1.45. The van der Waals surface area contributed by atoms with E-state index in [1.807, 2.05) is 49.5 Å². The average Bonchev–Trinajstić information content (AvgIpc) is 2.95. The lowest BCUT2D eigenvalue weighted by Gasteiger charge is -2.09. The molecule has 1 N–H and O–H groups in total. The molecule has 1 aromatic heterocycles. The van der Waals surface area contributed by atoms with Gasteiger partial charge in [-0.05, 0) is 51.0 Å². The zero-order chi connectivity index (χ0) is 16.8. The van der Waals surface area contributed by atoms with Crippen LogP contribution in [0.15, 0.2) is 29.6 Å². The van der Waals surface area contributed by atoms with Gasteiger partial charge in [-0.15, -0.1) is 11.3 Å². The molecule has 2 rings (SSSR count). The number of thiophene rings is 1. The van der Waals surface area contributed by atoms with Crippen molar-refractivity contribution in [2.75, 3.05) is 27.2 Å². The summed E-state index contributed by atoms with van der Waals surface area (Å²) < 4.78 is 5.85. The lowest BCUT2D eigenvalue weighted by molar-refractivity contribution is 0.0955. The summed E-state index contributed by atoms with van der Waals surface area (Å²) in [5, 5.41) is 4.90. The Morgan fingerprint density at radius 1 is 1.26 bits per heavy atom. The zero-order valence-corrected chi connectivity index (χ0v) is 15.0. The van der Waals surface area contributed by atoms with Crippen LogP contribution >= 0.6 is 11.3 Å². The first-order chi connectivity index (χ1) is 11.0. The number of rotatable bonds is 7. The Bertz CT molecular complexity index is 665. The molecule has 0 aliphatic rings. The van der Waals surface area contributed by atoms with E-state index in [2.05, 4.69) is 18.3 Å². The van der Waals surface area contributed by atoms with E-state index in [-0.39, 0.29) is 5.91 Å². The first-order valence-corrected chi connectivity index (χ1v) is 8.54. The number of nitrogens with one attached hydrogen (secondary N) is 1. The number of carbonyl (C=O) groups excluding carboxylic acids is 1. The van der Waals surface area contributed by atoms with E-state index in [0.29, 0.717) is 13.2 Å². The van der Waals surface area contributed by atoms with E-state index >= 15 is 0 Å². The van der Waals surface area contributed by atoms with Gasteiger partial charge >= 0.3 is 0 Å². The van der Waals surface area contributed by atoms with Gasteiger partial charge < -0.3 is 15.0 Å². The maximum absolute atomic E-state index is 12.0. The van der Waals surface area contributed by atoms with Crippen LogP contribution in [-0.2, 0) is 6.61 Å². The van der Waals surface area contributed by atoms with Crippen LogP contribution in [0.1, 0.15) is 26.4 Å². The lowest BCUT2D eigenvalue weighted by atomic mass is 10.1. The molecule has 0 spiro atoms. The van der Waals surface area contributed by atoms with Crippen molar-refractivity contribution in [1.82, 2.24) is 10.2 Å². The summed E-state index contributed by atoms with van der Waals surface area (Å²) in [5.74, 6) is 0.869. The van der Waals surface area contributed by atoms with Gasteiger partial charge in [-0.2, -0.15) is 0 Å². The molecule has 0 fully saturated rings. The Labute approximate surface area is 142 Å². The maximum atomic E-state index is 12.0. The second-order valence-electron chi connectivity index (χ2n) is 5.94. The van der Waals surface area contributed by atoms with Crippen molar-refractivity contribution < 1.29 is 9.53 Å². The third-order valence-corrected chi connectivity index (χ3v) is 4.42. The SMILES string of the molecule is Cc1ccc(OCc2csc(C(=O)NCCN(C)C)c2)c(C)c1. The van der Waals surface area contributed by atoms with Crippen LogP contribution in [0.25, 0.3) is 0 Å². The minimum atomic E-state index is -0.0189. The Morgan fingerprint density at radius 2 is 2.04 bits per heavy atom. The monoisotopic (exact) mass is 332 g/mol. The normalized spacial score (nSPS) is 10.8. The molecule has 23 heavy (non-hydrogen) atoms. The minimum Gasteiger partial charge on any atom is -0.489 e. The van der Waals surface area contributed by atoms with Gasteiger partial charge in [-0.25, -0.2) is 0 Å². The molecule has 0 unspecified atom stereocenters. The van der Waals surface area contributed by atoms with Gasteiger partial charge in [0.15, 0.2) is 0 Å². The van der Waals surface area contributed by atoms with Gasteiger partial charge in [0.1, 0.15) is 12.4 Å². The molecule has 0 aliphatic heterocycles. The van der Waals surface area contributed by atoms with E-state index in [4.69, 9.17) is 4.74 Å². The fourth-order valence-electron chi connectivity index (χ4n) is 2.17. The Morgan fingerprint density at radius 3 is 2.74 bits per heavy atom. The summed E-state index contributed by atoms with van der Waals surface area (Å²) in [5.41, 5.74) is 3.37. The number of nitrogens with zero attached hydrogens (tertiary/aromatic N) is 1. The van der Waals surface area contributed by atoms with Gasteiger partial charge in [0.05, 0.1) is 4.88 Å². The molecule has 0 radical (unpaired) electrons. The molecule has 1 aromatic carbocycles. The van der Waals surface area contributed by atoms with E-state index in [0.717, 1.165) is 28.3 Å². The smallest absolute Gasteiger partial charge is 0.261 e. The van der Waals surface area contributed by atoms with Crippen LogP contribution in [-0.4, -0.2) is 38.0 Å². The number of benzene rings is 1. The number of amides is 1. The zero-order valence-electron chi connectivity index (χ0n) is 14.2. The number of hydrogen-bond donors (Lipinski definition) is 1. The van der Waals surface area contributed by atoms with Crippen molar-refractivity contribution in [3.8, 4) is 5.75 Å². The quantitative estimate of drug-likeness (QED) is 0.846. The van der Waals surface area contributed by atoms with Crippen LogP contribution in [0.3, 0.4) is 0 Å². The molecule has 0 saturated heterocycles. The largest absolute Gasteiger partial charge is 0.489 e. The molecule has 0 aliphatic carbocycles. The fourth-order valence-corrected chi connectivity index (χ4v) is 2.99. The topological polar surface area (TPSA) is 41.6 Å². The van der Waals surface area contributed by atoms with Gasteiger partial charge in [-0.1, -0.05) is 17.7 Å². The summed E-state index contributed by atoms with van der Waals surface area (Å²) in [7, 11) is 3.97. The highest BCUT2D eigenvalue weighted by Crippen LogP contribution is 2.21. The molecule has 0 bridgehead atoms. The summed E-state index contributed by atoms with van der Waals surface area (Å²) in [4.78, 5) is 14.8. The third-order valence-electron chi connectivity index (χ3n) is 3.45. The van der Waals surface area contributed by atoms with E-state index in [9.17, 15) is 4.79 Å². The maximum Gasteiger partial charge on any atom is 0.261 e. The molecular formula is C18H24N2O2S. The van der Waals surface area contributed by atoms with Crippen molar-refractivity contribution >= 4 is 17.2 Å². The Hall–Kier alpha value is -1.85. The molecule has 4 nitrogen and oxygen atoms in total. The molecule has 1 amide bonds. The summed E-state index contributed by atoms with van der Waals surface area (Å²) in [6.07, 6.45) is 0. The van der Waals surface area contributed by atoms with Crippen LogP contribution in [0, 0.1) is 13.8 Å². The average molecular weight is 332 g/mol. The summed E-state index contributed by atoms with van der Waals surface area (Å²) in [6.45, 7) is 6.07. The minimum absolute atomic E-state index is 0.0189. The molecule has 1 heterocycles. The first kappa shape index (κ1) is 17.5. The van der Waals surface area contributed by atoms with E-state index in [1.165, 1.54) is 16.9 Å².